The minimum Gasteiger partial charge on any atom is -0.393 e. The number of nitrogens with two attached hydrogens (primary N) is 1. The molecule has 0 aromatic rings. The van der Waals surface area contributed by atoms with Gasteiger partial charge in [0.15, 0.2) is 0 Å². The second kappa shape index (κ2) is 4.94. The molecule has 126 valence electrons. The second-order valence-electron chi connectivity index (χ2n) is 9.47. The van der Waals surface area contributed by atoms with Crippen LogP contribution in [0.1, 0.15) is 65.2 Å². The van der Waals surface area contributed by atoms with Crippen LogP contribution in [-0.2, 0) is 0 Å². The molecule has 0 bridgehead atoms. The molecule has 0 heterocycles. The Morgan fingerprint density at radius 2 is 1.73 bits per heavy atom. The van der Waals surface area contributed by atoms with Crippen molar-refractivity contribution in [3.8, 4) is 0 Å². The van der Waals surface area contributed by atoms with Crippen LogP contribution in [0.2, 0.25) is 0 Å². The molecule has 0 aromatic heterocycles. The Morgan fingerprint density at radius 1 is 0.955 bits per heavy atom. The Bertz CT molecular complexity index is 455. The quantitative estimate of drug-likeness (QED) is 0.644. The number of hydrogen-bond donors (Lipinski definition) is 3. The van der Waals surface area contributed by atoms with Crippen molar-refractivity contribution in [2.75, 3.05) is 0 Å². The van der Waals surface area contributed by atoms with Gasteiger partial charge < -0.3 is 15.9 Å². The van der Waals surface area contributed by atoms with Crippen LogP contribution < -0.4 is 5.73 Å². The molecule has 4 aliphatic rings. The Morgan fingerprint density at radius 3 is 2.50 bits per heavy atom. The molecule has 8 unspecified atom stereocenters. The summed E-state index contributed by atoms with van der Waals surface area (Å²) in [5.41, 5.74) is 6.83. The van der Waals surface area contributed by atoms with Crippen molar-refractivity contribution in [3.63, 3.8) is 0 Å². The summed E-state index contributed by atoms with van der Waals surface area (Å²) in [5, 5.41) is 21.2. The topological polar surface area (TPSA) is 66.5 Å². The SMILES string of the molecule is CC12C[C@H](O)C3C(CCC4CC(O)CCC43C)C1CCC2N. The highest BCUT2D eigenvalue weighted by Crippen LogP contribution is 2.65. The molecule has 4 N–H and O–H groups in total. The Hall–Kier alpha value is -0.120. The summed E-state index contributed by atoms with van der Waals surface area (Å²) in [4.78, 5) is 0. The minimum atomic E-state index is -0.196. The van der Waals surface area contributed by atoms with E-state index in [1.54, 1.807) is 0 Å². The maximum Gasteiger partial charge on any atom is 0.0582 e. The van der Waals surface area contributed by atoms with E-state index in [0.717, 1.165) is 32.1 Å². The average Bonchev–Trinajstić information content (AvgIpc) is 2.75. The third-order valence-electron chi connectivity index (χ3n) is 8.64. The highest BCUT2D eigenvalue weighted by molar-refractivity contribution is 5.12. The lowest BCUT2D eigenvalue weighted by Gasteiger charge is -2.62. The number of rotatable bonds is 0. The molecule has 0 aromatic carbocycles. The molecular weight excluding hydrogens is 274 g/mol. The van der Waals surface area contributed by atoms with Crippen molar-refractivity contribution >= 4 is 0 Å². The normalized spacial score (nSPS) is 61.2. The van der Waals surface area contributed by atoms with Gasteiger partial charge in [-0.05, 0) is 85.9 Å². The summed E-state index contributed by atoms with van der Waals surface area (Å²) in [7, 11) is 0. The smallest absolute Gasteiger partial charge is 0.0582 e. The maximum atomic E-state index is 11.1. The van der Waals surface area contributed by atoms with E-state index in [-0.39, 0.29) is 29.1 Å². The van der Waals surface area contributed by atoms with Crippen LogP contribution in [0.4, 0.5) is 0 Å². The predicted molar refractivity (Wildman–Crippen MR) is 87.1 cm³/mol. The first-order chi connectivity index (χ1) is 10.4. The standard InChI is InChI=1S/C19H33NO2/c1-18-8-7-12(21)9-11(18)3-4-13-14-5-6-16(20)19(14,2)10-15(22)17(13)18/h11-17,21-22H,3-10,20H2,1-2H3/t11?,12?,13?,14?,15-,16?,17?,18?,19?/m0/s1. The van der Waals surface area contributed by atoms with Crippen LogP contribution in [0.25, 0.3) is 0 Å². The number of aliphatic hydroxyl groups is 2. The van der Waals surface area contributed by atoms with Crippen molar-refractivity contribution in [1.82, 2.24) is 0 Å². The summed E-state index contributed by atoms with van der Waals surface area (Å²) in [6, 6.07) is 0.270. The van der Waals surface area contributed by atoms with Crippen molar-refractivity contribution in [2.45, 2.75) is 83.5 Å². The largest absolute Gasteiger partial charge is 0.393 e. The number of fused-ring (bicyclic) bond motifs is 5. The Balaban J connectivity index is 1.68. The molecule has 9 atom stereocenters. The summed E-state index contributed by atoms with van der Waals surface area (Å²) in [6.45, 7) is 4.76. The molecule has 4 saturated carbocycles. The lowest BCUT2D eigenvalue weighted by atomic mass is 9.44. The second-order valence-corrected chi connectivity index (χ2v) is 9.47. The summed E-state index contributed by atoms with van der Waals surface area (Å²) >= 11 is 0. The molecule has 22 heavy (non-hydrogen) atoms. The van der Waals surface area contributed by atoms with Crippen LogP contribution in [0, 0.1) is 34.5 Å². The van der Waals surface area contributed by atoms with Gasteiger partial charge in [0.05, 0.1) is 12.2 Å². The van der Waals surface area contributed by atoms with Gasteiger partial charge in [-0.15, -0.1) is 0 Å². The van der Waals surface area contributed by atoms with Gasteiger partial charge in [-0.3, -0.25) is 0 Å². The summed E-state index contributed by atoms with van der Waals surface area (Å²) in [6.07, 6.45) is 8.42. The van der Waals surface area contributed by atoms with E-state index >= 15 is 0 Å². The van der Waals surface area contributed by atoms with E-state index in [1.165, 1.54) is 19.3 Å². The van der Waals surface area contributed by atoms with Gasteiger partial charge >= 0.3 is 0 Å². The van der Waals surface area contributed by atoms with E-state index in [4.69, 9.17) is 5.73 Å². The molecule has 3 nitrogen and oxygen atoms in total. The minimum absolute atomic E-state index is 0.111. The molecule has 0 spiro atoms. The van der Waals surface area contributed by atoms with Gasteiger partial charge in [0.2, 0.25) is 0 Å². The fourth-order valence-corrected chi connectivity index (χ4v) is 7.40. The van der Waals surface area contributed by atoms with Gasteiger partial charge in [-0.25, -0.2) is 0 Å². The van der Waals surface area contributed by atoms with Gasteiger partial charge in [-0.2, -0.15) is 0 Å². The van der Waals surface area contributed by atoms with Gasteiger partial charge in [-0.1, -0.05) is 13.8 Å². The zero-order valence-corrected chi connectivity index (χ0v) is 14.2. The van der Waals surface area contributed by atoms with Crippen LogP contribution >= 0.6 is 0 Å². The summed E-state index contributed by atoms with van der Waals surface area (Å²) in [5.74, 6) is 2.40. The summed E-state index contributed by atoms with van der Waals surface area (Å²) < 4.78 is 0. The predicted octanol–water partition coefficient (Wildman–Crippen LogP) is 2.69. The van der Waals surface area contributed by atoms with Gasteiger partial charge in [0.25, 0.3) is 0 Å². The molecule has 0 amide bonds. The first-order valence-corrected chi connectivity index (χ1v) is 9.48. The third-order valence-corrected chi connectivity index (χ3v) is 8.64. The number of aliphatic hydroxyl groups excluding tert-OH is 2. The lowest BCUT2D eigenvalue weighted by Crippen LogP contribution is -2.60. The fraction of sp³-hybridized carbons (Fsp3) is 1.00. The first-order valence-electron chi connectivity index (χ1n) is 9.48. The third kappa shape index (κ3) is 1.91. The van der Waals surface area contributed by atoms with E-state index in [9.17, 15) is 10.2 Å². The van der Waals surface area contributed by atoms with Crippen LogP contribution in [0.5, 0.6) is 0 Å². The first kappa shape index (κ1) is 15.4. The molecule has 4 rings (SSSR count). The number of hydrogen-bond acceptors (Lipinski definition) is 3. The lowest BCUT2D eigenvalue weighted by molar-refractivity contribution is -0.173. The zero-order valence-electron chi connectivity index (χ0n) is 14.2. The van der Waals surface area contributed by atoms with Gasteiger partial charge in [0, 0.05) is 6.04 Å². The highest BCUT2D eigenvalue weighted by atomic mass is 16.3. The van der Waals surface area contributed by atoms with Crippen LogP contribution in [0.3, 0.4) is 0 Å². The fourth-order valence-electron chi connectivity index (χ4n) is 7.40. The van der Waals surface area contributed by atoms with Gasteiger partial charge in [0.1, 0.15) is 0 Å². The molecule has 4 aliphatic carbocycles. The molecular formula is C19H33NO2. The Labute approximate surface area is 134 Å². The monoisotopic (exact) mass is 307 g/mol. The van der Waals surface area contributed by atoms with Crippen molar-refractivity contribution in [1.29, 1.82) is 0 Å². The Kier molecular flexibility index (Phi) is 3.46. The molecule has 0 aliphatic heterocycles. The van der Waals surface area contributed by atoms with Crippen molar-refractivity contribution in [2.24, 2.45) is 40.2 Å². The van der Waals surface area contributed by atoms with E-state index in [2.05, 4.69) is 13.8 Å². The molecule has 0 radical (unpaired) electrons. The van der Waals surface area contributed by atoms with E-state index in [1.807, 2.05) is 0 Å². The van der Waals surface area contributed by atoms with Crippen LogP contribution in [-0.4, -0.2) is 28.5 Å². The van der Waals surface area contributed by atoms with Crippen LogP contribution in [0.15, 0.2) is 0 Å². The zero-order chi connectivity index (χ0) is 15.7. The van der Waals surface area contributed by atoms with E-state index < -0.39 is 0 Å². The highest BCUT2D eigenvalue weighted by Gasteiger charge is 2.62. The van der Waals surface area contributed by atoms with Crippen molar-refractivity contribution < 1.29 is 10.2 Å². The van der Waals surface area contributed by atoms with E-state index in [0.29, 0.717) is 23.7 Å². The molecule has 3 heteroatoms. The maximum absolute atomic E-state index is 11.1. The molecule has 4 fully saturated rings. The van der Waals surface area contributed by atoms with Crippen molar-refractivity contribution in [3.05, 3.63) is 0 Å². The average molecular weight is 307 g/mol. The molecule has 0 saturated heterocycles.